The predicted octanol–water partition coefficient (Wildman–Crippen LogP) is 11.8. The molecule has 0 radical (unpaired) electrons. The van der Waals surface area contributed by atoms with E-state index in [0.717, 1.165) is 64.2 Å². The molecule has 0 spiro atoms. The van der Waals surface area contributed by atoms with Gasteiger partial charge in [0.05, 0.1) is 6.61 Å². The van der Waals surface area contributed by atoms with Gasteiger partial charge in [-0.1, -0.05) is 159 Å². The van der Waals surface area contributed by atoms with E-state index in [2.05, 4.69) is 62.5 Å². The molecule has 1 atom stereocenters. The summed E-state index contributed by atoms with van der Waals surface area (Å²) in [6, 6.07) is 0. The molecule has 0 aromatic heterocycles. The number of aliphatic hydroxyl groups excluding tert-OH is 1. The number of rotatable bonds is 34. The highest BCUT2D eigenvalue weighted by molar-refractivity contribution is 5.70. The highest BCUT2D eigenvalue weighted by Gasteiger charge is 2.16. The molecule has 0 aliphatic rings. The number of esters is 2. The minimum atomic E-state index is -0.785. The molecular weight excluding hydrogens is 572 g/mol. The summed E-state index contributed by atoms with van der Waals surface area (Å²) in [5, 5.41) is 9.53. The zero-order chi connectivity index (χ0) is 33.6. The van der Waals surface area contributed by atoms with Gasteiger partial charge in [0, 0.05) is 12.8 Å². The van der Waals surface area contributed by atoms with Crippen LogP contribution in [0.3, 0.4) is 0 Å². The molecule has 1 N–H and O–H groups in total. The highest BCUT2D eigenvalue weighted by atomic mass is 16.6. The number of carbonyl (C=O) groups excluding carboxylic acids is 2. The quantitative estimate of drug-likeness (QED) is 0.0429. The zero-order valence-corrected chi connectivity index (χ0v) is 30.1. The molecule has 0 bridgehead atoms. The summed E-state index contributed by atoms with van der Waals surface area (Å²) in [4.78, 5) is 24.2. The Morgan fingerprint density at radius 1 is 0.500 bits per heavy atom. The Kier molecular flexibility index (Phi) is 35.6. The van der Waals surface area contributed by atoms with E-state index in [0.29, 0.717) is 12.8 Å². The molecule has 0 rings (SSSR count). The number of carbonyl (C=O) groups is 2. The molecule has 0 saturated heterocycles. The lowest BCUT2D eigenvalue weighted by molar-refractivity contribution is -0.161. The van der Waals surface area contributed by atoms with E-state index >= 15 is 0 Å². The van der Waals surface area contributed by atoms with Gasteiger partial charge in [0.25, 0.3) is 0 Å². The fourth-order valence-corrected chi connectivity index (χ4v) is 5.18. The van der Waals surface area contributed by atoms with Gasteiger partial charge in [-0.3, -0.25) is 9.59 Å². The first-order chi connectivity index (χ1) is 22.6. The molecule has 0 aromatic rings. The van der Waals surface area contributed by atoms with Crippen LogP contribution in [0.2, 0.25) is 0 Å². The fraction of sp³-hybridized carbons (Fsp3) is 0.756. The van der Waals surface area contributed by atoms with E-state index in [4.69, 9.17) is 9.47 Å². The first kappa shape index (κ1) is 43.9. The first-order valence-electron chi connectivity index (χ1n) is 19.2. The molecule has 0 aliphatic heterocycles. The van der Waals surface area contributed by atoms with Crippen molar-refractivity contribution in [1.29, 1.82) is 0 Å². The Bertz CT molecular complexity index is 782. The summed E-state index contributed by atoms with van der Waals surface area (Å²) >= 11 is 0. The smallest absolute Gasteiger partial charge is 0.306 e. The predicted molar refractivity (Wildman–Crippen MR) is 196 cm³/mol. The molecule has 5 heteroatoms. The Morgan fingerprint density at radius 3 is 1.35 bits per heavy atom. The van der Waals surface area contributed by atoms with Gasteiger partial charge < -0.3 is 14.6 Å². The molecule has 0 saturated carbocycles. The lowest BCUT2D eigenvalue weighted by atomic mass is 10.0. The lowest BCUT2D eigenvalue weighted by Crippen LogP contribution is -2.28. The van der Waals surface area contributed by atoms with Crippen LogP contribution in [0, 0.1) is 0 Å². The topological polar surface area (TPSA) is 72.8 Å². The summed E-state index contributed by atoms with van der Waals surface area (Å²) in [7, 11) is 0. The Hall–Kier alpha value is -2.14. The second-order valence-electron chi connectivity index (χ2n) is 12.7. The van der Waals surface area contributed by atoms with Gasteiger partial charge >= 0.3 is 11.9 Å². The van der Waals surface area contributed by atoms with Gasteiger partial charge in [0.2, 0.25) is 0 Å². The third kappa shape index (κ3) is 34.7. The van der Waals surface area contributed by atoms with Crippen molar-refractivity contribution in [3.63, 3.8) is 0 Å². The molecule has 266 valence electrons. The zero-order valence-electron chi connectivity index (χ0n) is 30.1. The molecule has 0 aromatic carbocycles. The van der Waals surface area contributed by atoms with E-state index < -0.39 is 6.10 Å². The number of aliphatic hydroxyl groups is 1. The fourth-order valence-electron chi connectivity index (χ4n) is 5.18. The summed E-state index contributed by atoms with van der Waals surface area (Å²) < 4.78 is 10.6. The minimum absolute atomic E-state index is 0.0778. The molecule has 46 heavy (non-hydrogen) atoms. The summed E-state index contributed by atoms with van der Waals surface area (Å²) in [6.07, 6.45) is 45.9. The van der Waals surface area contributed by atoms with Gasteiger partial charge in [-0.05, 0) is 57.8 Å². The van der Waals surface area contributed by atoms with E-state index in [-0.39, 0.29) is 25.2 Å². The van der Waals surface area contributed by atoms with Crippen LogP contribution in [-0.4, -0.2) is 36.4 Å². The Balaban J connectivity index is 3.65. The van der Waals surface area contributed by atoms with Crippen LogP contribution in [0.1, 0.15) is 181 Å². The molecule has 0 amide bonds. The van der Waals surface area contributed by atoms with Crippen LogP contribution in [0.25, 0.3) is 0 Å². The van der Waals surface area contributed by atoms with Crippen LogP contribution in [-0.2, 0) is 19.1 Å². The van der Waals surface area contributed by atoms with Crippen molar-refractivity contribution in [3.8, 4) is 0 Å². The van der Waals surface area contributed by atoms with Crippen molar-refractivity contribution in [2.75, 3.05) is 13.2 Å². The van der Waals surface area contributed by atoms with Crippen LogP contribution in [0.15, 0.2) is 48.6 Å². The minimum Gasteiger partial charge on any atom is -0.462 e. The Morgan fingerprint density at radius 2 is 0.870 bits per heavy atom. The molecule has 0 unspecified atom stereocenters. The summed E-state index contributed by atoms with van der Waals surface area (Å²) in [6.45, 7) is 4.07. The average Bonchev–Trinajstić information content (AvgIpc) is 3.06. The standard InChI is InChI=1S/C41H72O5/c1-3-5-7-9-11-13-15-17-18-19-20-21-22-24-26-28-30-32-34-36-41(44)46-39(37-42)38-45-40(43)35-33-31-29-27-25-23-16-14-12-10-8-6-4-2/h11,13,17-18,20-21,24,26,39,42H,3-10,12,14-16,19,22-23,25,27-38H2,1-2H3/b13-11+,18-17+,21-20+,26-24+/t39-/m0/s1. The first-order valence-corrected chi connectivity index (χ1v) is 19.2. The summed E-state index contributed by atoms with van der Waals surface area (Å²) in [5.41, 5.74) is 0. The summed E-state index contributed by atoms with van der Waals surface area (Å²) in [5.74, 6) is -0.626. The second-order valence-corrected chi connectivity index (χ2v) is 12.7. The van der Waals surface area contributed by atoms with Crippen molar-refractivity contribution in [1.82, 2.24) is 0 Å². The van der Waals surface area contributed by atoms with Gasteiger partial charge in [-0.2, -0.15) is 0 Å². The maximum absolute atomic E-state index is 12.1. The van der Waals surface area contributed by atoms with E-state index in [1.54, 1.807) is 0 Å². The average molecular weight is 645 g/mol. The van der Waals surface area contributed by atoms with Crippen molar-refractivity contribution in [2.45, 2.75) is 187 Å². The van der Waals surface area contributed by atoms with Gasteiger partial charge in [0.15, 0.2) is 6.10 Å². The third-order valence-electron chi connectivity index (χ3n) is 8.13. The maximum Gasteiger partial charge on any atom is 0.306 e. The van der Waals surface area contributed by atoms with Gasteiger partial charge in [-0.25, -0.2) is 0 Å². The van der Waals surface area contributed by atoms with Gasteiger partial charge in [-0.15, -0.1) is 0 Å². The Labute approximate surface area is 284 Å². The van der Waals surface area contributed by atoms with E-state index in [9.17, 15) is 14.7 Å². The molecule has 5 nitrogen and oxygen atoms in total. The molecule has 0 aliphatic carbocycles. The van der Waals surface area contributed by atoms with Crippen LogP contribution in [0.4, 0.5) is 0 Å². The van der Waals surface area contributed by atoms with Crippen molar-refractivity contribution in [3.05, 3.63) is 48.6 Å². The number of allylic oxidation sites excluding steroid dienone is 8. The van der Waals surface area contributed by atoms with Crippen LogP contribution >= 0.6 is 0 Å². The molecular formula is C41H72O5. The van der Waals surface area contributed by atoms with Crippen LogP contribution in [0.5, 0.6) is 0 Å². The van der Waals surface area contributed by atoms with Gasteiger partial charge in [0.1, 0.15) is 6.61 Å². The molecule has 0 heterocycles. The number of unbranched alkanes of at least 4 members (excludes halogenated alkanes) is 18. The highest BCUT2D eigenvalue weighted by Crippen LogP contribution is 2.13. The number of hydrogen-bond acceptors (Lipinski definition) is 5. The SMILES string of the molecule is CCCCC/C=C/C/C=C/C/C=C/C/C=C/CCCCCC(=O)O[C@@H](CO)COC(=O)CCCCCCCCCCCCCCC. The lowest BCUT2D eigenvalue weighted by Gasteiger charge is -2.15. The monoisotopic (exact) mass is 645 g/mol. The largest absolute Gasteiger partial charge is 0.462 e. The second kappa shape index (κ2) is 37.3. The van der Waals surface area contributed by atoms with E-state index in [1.807, 2.05) is 0 Å². The normalized spacial score (nSPS) is 12.7. The van der Waals surface area contributed by atoms with E-state index in [1.165, 1.54) is 89.9 Å². The maximum atomic E-state index is 12.1. The number of ether oxygens (including phenoxy) is 2. The van der Waals surface area contributed by atoms with Crippen molar-refractivity contribution in [2.24, 2.45) is 0 Å². The third-order valence-corrected chi connectivity index (χ3v) is 8.13. The van der Waals surface area contributed by atoms with Crippen LogP contribution < -0.4 is 0 Å². The number of hydrogen-bond donors (Lipinski definition) is 1. The van der Waals surface area contributed by atoms with Crippen molar-refractivity contribution < 1.29 is 24.2 Å². The van der Waals surface area contributed by atoms with Crippen molar-refractivity contribution >= 4 is 11.9 Å². The molecule has 0 fully saturated rings.